The first-order valence-corrected chi connectivity index (χ1v) is 10.9. The zero-order chi connectivity index (χ0) is 20.1. The summed E-state index contributed by atoms with van der Waals surface area (Å²) in [7, 11) is 1.63. The Morgan fingerprint density at radius 3 is 2.57 bits per heavy atom. The molecule has 1 amide bonds. The molecule has 2 aromatic heterocycles. The predicted molar refractivity (Wildman–Crippen MR) is 114 cm³/mol. The Bertz CT molecular complexity index is 965. The third-order valence-electron chi connectivity index (χ3n) is 4.32. The van der Waals surface area contributed by atoms with E-state index in [0.29, 0.717) is 18.0 Å². The number of carbonyl (C=O) groups is 1. The molecule has 6 nitrogen and oxygen atoms in total. The lowest BCUT2D eigenvalue weighted by Crippen LogP contribution is -2.13. The molecular weight excluding hydrogens is 392 g/mol. The minimum Gasteiger partial charge on any atom is -0.496 e. The Labute approximate surface area is 172 Å². The Kier molecular flexibility index (Phi) is 6.64. The molecule has 0 bridgehead atoms. The Balaban J connectivity index is 1.64. The molecule has 0 aliphatic heterocycles. The molecule has 3 aromatic rings. The molecule has 0 saturated heterocycles. The van der Waals surface area contributed by atoms with E-state index in [-0.39, 0.29) is 5.91 Å². The normalized spacial score (nSPS) is 10.7. The van der Waals surface area contributed by atoms with Gasteiger partial charge in [-0.15, -0.1) is 11.3 Å². The number of methoxy groups -OCH3 is 1. The maximum atomic E-state index is 12.4. The van der Waals surface area contributed by atoms with Crippen LogP contribution < -0.4 is 10.1 Å². The van der Waals surface area contributed by atoms with E-state index in [1.54, 1.807) is 7.11 Å². The lowest BCUT2D eigenvalue weighted by molar-refractivity contribution is -0.116. The van der Waals surface area contributed by atoms with Gasteiger partial charge in [0.2, 0.25) is 5.91 Å². The van der Waals surface area contributed by atoms with Crippen molar-refractivity contribution in [3.05, 3.63) is 46.6 Å². The van der Waals surface area contributed by atoms with Gasteiger partial charge in [-0.05, 0) is 44.2 Å². The zero-order valence-corrected chi connectivity index (χ0v) is 17.9. The fourth-order valence-electron chi connectivity index (χ4n) is 2.89. The number of hydrogen-bond acceptors (Lipinski definition) is 7. The van der Waals surface area contributed by atoms with E-state index in [0.717, 1.165) is 39.1 Å². The fourth-order valence-corrected chi connectivity index (χ4v) is 4.08. The molecular formula is C20H22N4O2S2. The summed E-state index contributed by atoms with van der Waals surface area (Å²) in [6.07, 6.45) is 2.91. The van der Waals surface area contributed by atoms with Crippen LogP contribution in [0.25, 0.3) is 11.3 Å². The number of nitrogens with one attached hydrogen (secondary N) is 1. The molecule has 0 aliphatic rings. The minimum atomic E-state index is -0.0753. The van der Waals surface area contributed by atoms with Gasteiger partial charge >= 0.3 is 0 Å². The van der Waals surface area contributed by atoms with Gasteiger partial charge in [-0.2, -0.15) is 0 Å². The van der Waals surface area contributed by atoms with E-state index in [9.17, 15) is 4.79 Å². The number of ether oxygens (including phenoxy) is 1. The number of aryl methyl sites for hydroxylation is 2. The first-order chi connectivity index (χ1) is 13.5. The fraction of sp³-hybridized carbons (Fsp3) is 0.300. The quantitative estimate of drug-likeness (QED) is 0.452. The molecule has 8 heteroatoms. The second kappa shape index (κ2) is 9.16. The van der Waals surface area contributed by atoms with Gasteiger partial charge in [0.25, 0.3) is 0 Å². The number of para-hydroxylation sites is 1. The Morgan fingerprint density at radius 1 is 1.18 bits per heavy atom. The Morgan fingerprint density at radius 2 is 1.89 bits per heavy atom. The molecule has 0 fully saturated rings. The van der Waals surface area contributed by atoms with Gasteiger partial charge in [-0.25, -0.2) is 15.0 Å². The van der Waals surface area contributed by atoms with Crippen molar-refractivity contribution in [1.29, 1.82) is 0 Å². The molecule has 0 radical (unpaired) electrons. The molecule has 2 heterocycles. The first kappa shape index (κ1) is 20.3. The summed E-state index contributed by atoms with van der Waals surface area (Å²) in [6, 6.07) is 7.69. The molecule has 0 aliphatic carbocycles. The number of hydrogen-bond donors (Lipinski definition) is 1. The van der Waals surface area contributed by atoms with Crippen molar-refractivity contribution in [2.45, 2.75) is 31.8 Å². The molecule has 0 unspecified atom stereocenters. The number of thiazole rings is 1. The van der Waals surface area contributed by atoms with Gasteiger partial charge in [0.05, 0.1) is 12.8 Å². The van der Waals surface area contributed by atoms with Crippen molar-refractivity contribution in [3.63, 3.8) is 0 Å². The van der Waals surface area contributed by atoms with E-state index >= 15 is 0 Å². The van der Waals surface area contributed by atoms with Gasteiger partial charge < -0.3 is 10.1 Å². The minimum absolute atomic E-state index is 0.0753. The average molecular weight is 415 g/mol. The molecule has 146 valence electrons. The summed E-state index contributed by atoms with van der Waals surface area (Å²) in [6.45, 7) is 3.92. The van der Waals surface area contributed by atoms with Crippen molar-refractivity contribution in [1.82, 2.24) is 15.0 Å². The number of amides is 1. The number of anilines is 1. The van der Waals surface area contributed by atoms with Crippen molar-refractivity contribution in [2.24, 2.45) is 0 Å². The van der Waals surface area contributed by atoms with Gasteiger partial charge in [0, 0.05) is 28.8 Å². The van der Waals surface area contributed by atoms with Gasteiger partial charge in [0.15, 0.2) is 10.3 Å². The maximum absolute atomic E-state index is 12.4. The third kappa shape index (κ3) is 4.69. The van der Waals surface area contributed by atoms with Crippen LogP contribution in [0.5, 0.6) is 5.75 Å². The van der Waals surface area contributed by atoms with Gasteiger partial charge in [-0.3, -0.25) is 4.79 Å². The predicted octanol–water partition coefficient (Wildman–Crippen LogP) is 4.52. The first-order valence-electron chi connectivity index (χ1n) is 8.78. The van der Waals surface area contributed by atoms with E-state index in [4.69, 9.17) is 4.74 Å². The van der Waals surface area contributed by atoms with Crippen molar-refractivity contribution >= 4 is 34.1 Å². The maximum Gasteiger partial charge on any atom is 0.226 e. The monoisotopic (exact) mass is 414 g/mol. The number of thioether (sulfide) groups is 1. The van der Waals surface area contributed by atoms with E-state index < -0.39 is 0 Å². The summed E-state index contributed by atoms with van der Waals surface area (Å²) in [5.74, 6) is 0.680. The highest BCUT2D eigenvalue weighted by Crippen LogP contribution is 2.31. The smallest absolute Gasteiger partial charge is 0.226 e. The van der Waals surface area contributed by atoms with E-state index in [1.807, 2.05) is 49.7 Å². The van der Waals surface area contributed by atoms with Crippen LogP contribution in [0.4, 0.5) is 5.13 Å². The van der Waals surface area contributed by atoms with Crippen molar-refractivity contribution in [2.75, 3.05) is 18.7 Å². The van der Waals surface area contributed by atoms with Crippen LogP contribution in [0.3, 0.4) is 0 Å². The number of aromatic nitrogens is 3. The molecule has 0 spiro atoms. The number of benzene rings is 1. The van der Waals surface area contributed by atoms with Crippen LogP contribution in [0, 0.1) is 13.8 Å². The number of carbonyl (C=O) groups excluding carboxylic acids is 1. The highest BCUT2D eigenvalue weighted by molar-refractivity contribution is 7.98. The van der Waals surface area contributed by atoms with Crippen molar-refractivity contribution < 1.29 is 9.53 Å². The molecule has 1 N–H and O–H groups in total. The van der Waals surface area contributed by atoms with Gasteiger partial charge in [0.1, 0.15) is 5.75 Å². The Hall–Kier alpha value is -2.45. The van der Waals surface area contributed by atoms with Gasteiger partial charge in [-0.1, -0.05) is 23.9 Å². The van der Waals surface area contributed by atoms with Crippen molar-refractivity contribution in [3.8, 4) is 17.0 Å². The third-order valence-corrected chi connectivity index (χ3v) is 5.62. The van der Waals surface area contributed by atoms with Crippen LogP contribution in [0.1, 0.15) is 23.4 Å². The highest BCUT2D eigenvalue weighted by Gasteiger charge is 2.13. The van der Waals surface area contributed by atoms with Crippen LogP contribution in [-0.2, 0) is 11.2 Å². The highest BCUT2D eigenvalue weighted by atomic mass is 32.2. The molecule has 0 atom stereocenters. The lowest BCUT2D eigenvalue weighted by Gasteiger charge is -2.09. The van der Waals surface area contributed by atoms with E-state index in [1.165, 1.54) is 23.1 Å². The standard InChI is InChI=1S/C20H22N4O2S2/c1-12-14(13(2)22-19(21-12)27-4)9-10-18(25)24-20-23-16(11-28-20)15-7-5-6-8-17(15)26-3/h5-8,11H,9-10H2,1-4H3,(H,23,24,25). The molecule has 1 aromatic carbocycles. The summed E-state index contributed by atoms with van der Waals surface area (Å²) in [5, 5.41) is 6.13. The topological polar surface area (TPSA) is 77.0 Å². The lowest BCUT2D eigenvalue weighted by atomic mass is 10.1. The zero-order valence-electron chi connectivity index (χ0n) is 16.3. The summed E-state index contributed by atoms with van der Waals surface area (Å²) in [5.41, 5.74) is 4.57. The van der Waals surface area contributed by atoms with E-state index in [2.05, 4.69) is 20.3 Å². The summed E-state index contributed by atoms with van der Waals surface area (Å²) >= 11 is 2.92. The van der Waals surface area contributed by atoms with Crippen LogP contribution in [0.15, 0.2) is 34.8 Å². The second-order valence-corrected chi connectivity index (χ2v) is 7.78. The molecule has 3 rings (SSSR count). The SMILES string of the molecule is COc1ccccc1-c1csc(NC(=O)CCc2c(C)nc(SC)nc2C)n1. The largest absolute Gasteiger partial charge is 0.496 e. The van der Waals surface area contributed by atoms with Crippen LogP contribution in [-0.4, -0.2) is 34.2 Å². The molecule has 0 saturated carbocycles. The summed E-state index contributed by atoms with van der Waals surface area (Å²) < 4.78 is 5.38. The second-order valence-electron chi connectivity index (χ2n) is 6.15. The van der Waals surface area contributed by atoms with Crippen LogP contribution in [0.2, 0.25) is 0 Å². The summed E-state index contributed by atoms with van der Waals surface area (Å²) in [4.78, 5) is 25.8. The number of rotatable bonds is 7. The average Bonchev–Trinajstić information content (AvgIpc) is 3.15. The molecule has 28 heavy (non-hydrogen) atoms. The number of nitrogens with zero attached hydrogens (tertiary/aromatic N) is 3. The van der Waals surface area contributed by atoms with Crippen LogP contribution >= 0.6 is 23.1 Å².